The number of carbonyl (C=O) groups is 1. The van der Waals surface area contributed by atoms with Gasteiger partial charge in [-0.25, -0.2) is 9.18 Å². The van der Waals surface area contributed by atoms with Gasteiger partial charge < -0.3 is 9.84 Å². The fourth-order valence-corrected chi connectivity index (χ4v) is 1.88. The second kappa shape index (κ2) is 5.14. The maximum atomic E-state index is 13.6. The number of ether oxygens (including phenoxy) is 1. The van der Waals surface area contributed by atoms with Crippen LogP contribution in [-0.2, 0) is 4.74 Å². The number of para-hydroxylation sites is 1. The first-order chi connectivity index (χ1) is 8.22. The zero-order valence-corrected chi connectivity index (χ0v) is 9.30. The molecule has 1 aliphatic rings. The number of amides is 1. The van der Waals surface area contributed by atoms with Crippen molar-refractivity contribution in [1.82, 2.24) is 0 Å². The molecule has 1 heterocycles. The standard InChI is InChI=1S/C12H14FNO3/c13-10-3-1-2-4-11(10)14-7-9(5-6-15)8-17-12(14)16/h1-4,9,15H,5-8H2. The van der Waals surface area contributed by atoms with Gasteiger partial charge in [-0.2, -0.15) is 0 Å². The summed E-state index contributed by atoms with van der Waals surface area (Å²) >= 11 is 0. The van der Waals surface area contributed by atoms with Gasteiger partial charge in [0.05, 0.1) is 12.3 Å². The van der Waals surface area contributed by atoms with E-state index in [0.717, 1.165) is 0 Å². The number of nitrogens with zero attached hydrogens (tertiary/aromatic N) is 1. The Hall–Kier alpha value is -1.62. The highest BCUT2D eigenvalue weighted by Gasteiger charge is 2.29. The van der Waals surface area contributed by atoms with Crippen molar-refractivity contribution in [2.75, 3.05) is 24.7 Å². The molecule has 0 aliphatic carbocycles. The average Bonchev–Trinajstić information content (AvgIpc) is 2.33. The molecule has 0 saturated carbocycles. The van der Waals surface area contributed by atoms with E-state index in [-0.39, 0.29) is 24.8 Å². The predicted octanol–water partition coefficient (Wildman–Crippen LogP) is 1.78. The molecule has 4 nitrogen and oxygen atoms in total. The van der Waals surface area contributed by atoms with E-state index in [1.807, 2.05) is 0 Å². The average molecular weight is 239 g/mol. The maximum Gasteiger partial charge on any atom is 0.414 e. The molecule has 1 unspecified atom stereocenters. The first-order valence-corrected chi connectivity index (χ1v) is 5.52. The summed E-state index contributed by atoms with van der Waals surface area (Å²) in [7, 11) is 0. The topological polar surface area (TPSA) is 49.8 Å². The molecule has 1 saturated heterocycles. The van der Waals surface area contributed by atoms with E-state index in [1.54, 1.807) is 12.1 Å². The Morgan fingerprint density at radius 2 is 2.24 bits per heavy atom. The highest BCUT2D eigenvalue weighted by Crippen LogP contribution is 2.24. The second-order valence-corrected chi connectivity index (χ2v) is 4.02. The van der Waals surface area contributed by atoms with E-state index in [2.05, 4.69) is 0 Å². The van der Waals surface area contributed by atoms with Gasteiger partial charge in [0.1, 0.15) is 5.82 Å². The lowest BCUT2D eigenvalue weighted by Crippen LogP contribution is -2.43. The van der Waals surface area contributed by atoms with Crippen molar-refractivity contribution in [3.8, 4) is 0 Å². The third kappa shape index (κ3) is 2.55. The Labute approximate surface area is 98.6 Å². The Morgan fingerprint density at radius 1 is 1.47 bits per heavy atom. The lowest BCUT2D eigenvalue weighted by atomic mass is 10.1. The molecule has 1 aliphatic heterocycles. The van der Waals surface area contributed by atoms with Gasteiger partial charge in [-0.1, -0.05) is 12.1 Å². The van der Waals surface area contributed by atoms with Gasteiger partial charge in [0.2, 0.25) is 0 Å². The van der Waals surface area contributed by atoms with Crippen LogP contribution in [0.5, 0.6) is 0 Å². The molecule has 1 atom stereocenters. The van der Waals surface area contributed by atoms with Gasteiger partial charge in [0.25, 0.3) is 0 Å². The second-order valence-electron chi connectivity index (χ2n) is 4.02. The summed E-state index contributed by atoms with van der Waals surface area (Å²) in [6.07, 6.45) is 0.00222. The van der Waals surface area contributed by atoms with Gasteiger partial charge in [0, 0.05) is 19.1 Å². The van der Waals surface area contributed by atoms with Crippen LogP contribution in [0.2, 0.25) is 0 Å². The van der Waals surface area contributed by atoms with Crippen LogP contribution in [0.25, 0.3) is 0 Å². The van der Waals surface area contributed by atoms with Gasteiger partial charge in [-0.3, -0.25) is 4.90 Å². The largest absolute Gasteiger partial charge is 0.449 e. The van der Waals surface area contributed by atoms with Crippen molar-refractivity contribution in [3.63, 3.8) is 0 Å². The number of aliphatic hydroxyl groups excluding tert-OH is 1. The number of anilines is 1. The van der Waals surface area contributed by atoms with Gasteiger partial charge in [-0.05, 0) is 18.6 Å². The first kappa shape index (κ1) is 11.9. The summed E-state index contributed by atoms with van der Waals surface area (Å²) < 4.78 is 18.5. The molecule has 1 aromatic carbocycles. The molecule has 1 aromatic rings. The van der Waals surface area contributed by atoms with Gasteiger partial charge >= 0.3 is 6.09 Å². The monoisotopic (exact) mass is 239 g/mol. The van der Waals surface area contributed by atoms with Crippen molar-refractivity contribution in [2.45, 2.75) is 6.42 Å². The van der Waals surface area contributed by atoms with Crippen LogP contribution in [0.15, 0.2) is 24.3 Å². The lowest BCUT2D eigenvalue weighted by molar-refractivity contribution is 0.104. The van der Waals surface area contributed by atoms with Gasteiger partial charge in [0.15, 0.2) is 0 Å². The van der Waals surface area contributed by atoms with Crippen LogP contribution in [-0.4, -0.2) is 31.0 Å². The van der Waals surface area contributed by atoms with Crippen LogP contribution in [0, 0.1) is 11.7 Å². The Morgan fingerprint density at radius 3 is 2.94 bits per heavy atom. The van der Waals surface area contributed by atoms with Crippen LogP contribution < -0.4 is 4.90 Å². The smallest absolute Gasteiger partial charge is 0.414 e. The van der Waals surface area contributed by atoms with Crippen molar-refractivity contribution < 1.29 is 19.0 Å². The van der Waals surface area contributed by atoms with Crippen LogP contribution in [0.4, 0.5) is 14.9 Å². The molecule has 0 radical (unpaired) electrons. The minimum atomic E-state index is -0.538. The number of halogens is 1. The summed E-state index contributed by atoms with van der Waals surface area (Å²) in [4.78, 5) is 12.8. The molecular weight excluding hydrogens is 225 g/mol. The summed E-state index contributed by atoms with van der Waals surface area (Å²) in [5.41, 5.74) is 0.222. The fraction of sp³-hybridized carbons (Fsp3) is 0.417. The molecule has 1 N–H and O–H groups in total. The van der Waals surface area contributed by atoms with E-state index in [0.29, 0.717) is 13.0 Å². The normalized spacial score (nSPS) is 20.2. The van der Waals surface area contributed by atoms with E-state index < -0.39 is 11.9 Å². The fourth-order valence-electron chi connectivity index (χ4n) is 1.88. The Kier molecular flexibility index (Phi) is 3.58. The number of cyclic esters (lactones) is 1. The number of hydrogen-bond acceptors (Lipinski definition) is 3. The highest BCUT2D eigenvalue weighted by atomic mass is 19.1. The molecule has 0 bridgehead atoms. The van der Waals surface area contributed by atoms with Crippen molar-refractivity contribution in [1.29, 1.82) is 0 Å². The Bertz CT molecular complexity index is 410. The summed E-state index contributed by atoms with van der Waals surface area (Å²) in [5, 5.41) is 8.86. The lowest BCUT2D eigenvalue weighted by Gasteiger charge is -2.32. The molecule has 5 heteroatoms. The van der Waals surface area contributed by atoms with Gasteiger partial charge in [-0.15, -0.1) is 0 Å². The number of rotatable bonds is 3. The minimum absolute atomic E-state index is 0.0350. The third-order valence-electron chi connectivity index (χ3n) is 2.78. The van der Waals surface area contributed by atoms with E-state index in [4.69, 9.17) is 9.84 Å². The molecule has 92 valence electrons. The molecule has 2 rings (SSSR count). The molecule has 1 amide bonds. The number of benzene rings is 1. The first-order valence-electron chi connectivity index (χ1n) is 5.52. The summed E-state index contributed by atoms with van der Waals surface area (Å²) in [5.74, 6) is -0.411. The molecular formula is C12H14FNO3. The van der Waals surface area contributed by atoms with Crippen LogP contribution >= 0.6 is 0 Å². The predicted molar refractivity (Wildman–Crippen MR) is 60.3 cm³/mol. The zero-order chi connectivity index (χ0) is 12.3. The number of hydrogen-bond donors (Lipinski definition) is 1. The van der Waals surface area contributed by atoms with E-state index >= 15 is 0 Å². The van der Waals surface area contributed by atoms with E-state index in [1.165, 1.54) is 17.0 Å². The number of carbonyl (C=O) groups excluding carboxylic acids is 1. The van der Waals surface area contributed by atoms with Crippen molar-refractivity contribution >= 4 is 11.8 Å². The molecule has 1 fully saturated rings. The highest BCUT2D eigenvalue weighted by molar-refractivity contribution is 5.88. The molecule has 17 heavy (non-hydrogen) atoms. The molecule has 0 aromatic heterocycles. The zero-order valence-electron chi connectivity index (χ0n) is 9.30. The SMILES string of the molecule is O=C1OCC(CCO)CN1c1ccccc1F. The Balaban J connectivity index is 2.18. The van der Waals surface area contributed by atoms with Crippen LogP contribution in [0.3, 0.4) is 0 Å². The quantitative estimate of drug-likeness (QED) is 0.874. The summed E-state index contributed by atoms with van der Waals surface area (Å²) in [6.45, 7) is 0.692. The molecule has 0 spiro atoms. The van der Waals surface area contributed by atoms with Crippen LogP contribution in [0.1, 0.15) is 6.42 Å². The summed E-state index contributed by atoms with van der Waals surface area (Å²) in [6, 6.07) is 6.08. The van der Waals surface area contributed by atoms with E-state index in [9.17, 15) is 9.18 Å². The third-order valence-corrected chi connectivity index (χ3v) is 2.78. The van der Waals surface area contributed by atoms with Crippen molar-refractivity contribution in [2.24, 2.45) is 5.92 Å². The van der Waals surface area contributed by atoms with Crippen molar-refractivity contribution in [3.05, 3.63) is 30.1 Å². The minimum Gasteiger partial charge on any atom is -0.449 e. The maximum absolute atomic E-state index is 13.6. The number of aliphatic hydroxyl groups is 1.